The molecule has 0 aliphatic rings. The Hall–Kier alpha value is -1.41. The van der Waals surface area contributed by atoms with Crippen molar-refractivity contribution in [2.75, 3.05) is 0 Å². The van der Waals surface area contributed by atoms with Gasteiger partial charge < -0.3 is 0 Å². The number of halogens is 1. The summed E-state index contributed by atoms with van der Waals surface area (Å²) in [6, 6.07) is 6.26. The minimum atomic E-state index is 0.536. The van der Waals surface area contributed by atoms with Crippen LogP contribution in [0.25, 0.3) is 11.4 Å². The highest BCUT2D eigenvalue weighted by Gasteiger charge is 2.10. The molecule has 0 saturated carbocycles. The van der Waals surface area contributed by atoms with Crippen molar-refractivity contribution in [2.24, 2.45) is 0 Å². The average molecular weight is 247 g/mol. The number of hydrogen-bond acceptors (Lipinski definition) is 2. The van der Waals surface area contributed by atoms with Crippen LogP contribution in [0.15, 0.2) is 18.2 Å². The van der Waals surface area contributed by atoms with Crippen LogP contribution in [0, 0.1) is 27.7 Å². The number of benzene rings is 1. The van der Waals surface area contributed by atoms with Crippen LogP contribution in [-0.4, -0.2) is 9.97 Å². The van der Waals surface area contributed by atoms with Gasteiger partial charge in [-0.2, -0.15) is 0 Å². The molecule has 0 atom stereocenters. The number of hydrogen-bond donors (Lipinski definition) is 0. The number of aromatic nitrogens is 2. The Morgan fingerprint density at radius 1 is 1.00 bits per heavy atom. The molecule has 0 bridgehead atoms. The van der Waals surface area contributed by atoms with E-state index in [0.29, 0.717) is 11.0 Å². The number of nitrogens with zero attached hydrogens (tertiary/aromatic N) is 2. The standard InChI is InChI=1S/C14H15ClN2/c1-8-5-6-9(2)12(7-8)14-16-11(4)10(3)13(15)17-14/h5-7H,1-4H3. The summed E-state index contributed by atoms with van der Waals surface area (Å²) in [5.74, 6) is 0.708. The highest BCUT2D eigenvalue weighted by atomic mass is 35.5. The van der Waals surface area contributed by atoms with Crippen molar-refractivity contribution < 1.29 is 0 Å². The first kappa shape index (κ1) is 12.1. The van der Waals surface area contributed by atoms with E-state index in [0.717, 1.165) is 22.4 Å². The van der Waals surface area contributed by atoms with Gasteiger partial charge >= 0.3 is 0 Å². The molecule has 3 heteroatoms. The van der Waals surface area contributed by atoms with E-state index in [-0.39, 0.29) is 0 Å². The van der Waals surface area contributed by atoms with E-state index in [4.69, 9.17) is 11.6 Å². The van der Waals surface area contributed by atoms with E-state index in [2.05, 4.69) is 42.0 Å². The molecule has 1 heterocycles. The zero-order chi connectivity index (χ0) is 12.6. The van der Waals surface area contributed by atoms with E-state index < -0.39 is 0 Å². The molecular weight excluding hydrogens is 232 g/mol. The van der Waals surface area contributed by atoms with Gasteiger partial charge in [0.15, 0.2) is 5.82 Å². The van der Waals surface area contributed by atoms with Crippen LogP contribution in [0.1, 0.15) is 22.4 Å². The van der Waals surface area contributed by atoms with Crippen molar-refractivity contribution in [3.8, 4) is 11.4 Å². The second kappa shape index (κ2) is 4.46. The lowest BCUT2D eigenvalue weighted by molar-refractivity contribution is 1.07. The highest BCUT2D eigenvalue weighted by molar-refractivity contribution is 6.30. The second-order valence-corrected chi connectivity index (χ2v) is 4.72. The quantitative estimate of drug-likeness (QED) is 0.710. The zero-order valence-corrected chi connectivity index (χ0v) is 11.3. The third-order valence-electron chi connectivity index (χ3n) is 2.96. The van der Waals surface area contributed by atoms with E-state index in [1.165, 1.54) is 5.56 Å². The van der Waals surface area contributed by atoms with Gasteiger partial charge in [0, 0.05) is 16.8 Å². The lowest BCUT2D eigenvalue weighted by atomic mass is 10.0. The molecule has 0 saturated heterocycles. The molecule has 0 fully saturated rings. The smallest absolute Gasteiger partial charge is 0.161 e. The fraction of sp³-hybridized carbons (Fsp3) is 0.286. The monoisotopic (exact) mass is 246 g/mol. The molecule has 88 valence electrons. The maximum Gasteiger partial charge on any atom is 0.161 e. The molecule has 1 aromatic heterocycles. The summed E-state index contributed by atoms with van der Waals surface area (Å²) >= 11 is 6.11. The van der Waals surface area contributed by atoms with Gasteiger partial charge in [0.1, 0.15) is 5.15 Å². The molecule has 0 spiro atoms. The SMILES string of the molecule is Cc1ccc(C)c(-c2nc(C)c(C)c(Cl)n2)c1. The zero-order valence-electron chi connectivity index (χ0n) is 10.5. The van der Waals surface area contributed by atoms with E-state index in [1.807, 2.05) is 13.8 Å². The third-order valence-corrected chi connectivity index (χ3v) is 3.33. The van der Waals surface area contributed by atoms with Crippen molar-refractivity contribution in [2.45, 2.75) is 27.7 Å². The van der Waals surface area contributed by atoms with E-state index >= 15 is 0 Å². The Balaban J connectivity index is 2.64. The predicted octanol–water partition coefficient (Wildman–Crippen LogP) is 4.03. The van der Waals surface area contributed by atoms with Gasteiger partial charge in [-0.3, -0.25) is 0 Å². The summed E-state index contributed by atoms with van der Waals surface area (Å²) in [5.41, 5.74) is 5.29. The molecule has 1 aromatic carbocycles. The van der Waals surface area contributed by atoms with Crippen LogP contribution in [0.5, 0.6) is 0 Å². The van der Waals surface area contributed by atoms with Gasteiger partial charge in [0.05, 0.1) is 0 Å². The van der Waals surface area contributed by atoms with Crippen LogP contribution in [0.3, 0.4) is 0 Å². The van der Waals surface area contributed by atoms with Gasteiger partial charge in [-0.05, 0) is 39.3 Å². The molecule has 0 unspecified atom stereocenters. The molecule has 0 amide bonds. The third kappa shape index (κ3) is 2.32. The molecular formula is C14H15ClN2. The number of aryl methyl sites for hydroxylation is 3. The Morgan fingerprint density at radius 2 is 1.71 bits per heavy atom. The Labute approximate surface area is 107 Å². The first-order valence-corrected chi connectivity index (χ1v) is 5.95. The van der Waals surface area contributed by atoms with Gasteiger partial charge in [-0.1, -0.05) is 29.3 Å². The normalized spacial score (nSPS) is 10.6. The fourth-order valence-corrected chi connectivity index (χ4v) is 1.91. The minimum absolute atomic E-state index is 0.536. The topological polar surface area (TPSA) is 25.8 Å². The van der Waals surface area contributed by atoms with E-state index in [1.54, 1.807) is 0 Å². The van der Waals surface area contributed by atoms with Gasteiger partial charge in [0.25, 0.3) is 0 Å². The lowest BCUT2D eigenvalue weighted by Crippen LogP contribution is -1.98. The van der Waals surface area contributed by atoms with Crippen molar-refractivity contribution in [1.82, 2.24) is 9.97 Å². The van der Waals surface area contributed by atoms with Crippen LogP contribution in [0.4, 0.5) is 0 Å². The van der Waals surface area contributed by atoms with Crippen LogP contribution in [-0.2, 0) is 0 Å². The number of rotatable bonds is 1. The molecule has 0 aliphatic carbocycles. The average Bonchev–Trinajstić information content (AvgIpc) is 2.28. The Bertz CT molecular complexity index is 553. The maximum atomic E-state index is 6.11. The summed E-state index contributed by atoms with van der Waals surface area (Å²) in [6.07, 6.45) is 0. The highest BCUT2D eigenvalue weighted by Crippen LogP contribution is 2.24. The first-order valence-electron chi connectivity index (χ1n) is 5.57. The maximum absolute atomic E-state index is 6.11. The van der Waals surface area contributed by atoms with Crippen LogP contribution < -0.4 is 0 Å². The van der Waals surface area contributed by atoms with Gasteiger partial charge in [-0.15, -0.1) is 0 Å². The first-order chi connectivity index (χ1) is 7.99. The van der Waals surface area contributed by atoms with Crippen molar-refractivity contribution in [3.05, 3.63) is 45.7 Å². The van der Waals surface area contributed by atoms with Crippen molar-refractivity contribution in [1.29, 1.82) is 0 Å². The van der Waals surface area contributed by atoms with Crippen LogP contribution in [0.2, 0.25) is 5.15 Å². The summed E-state index contributed by atoms with van der Waals surface area (Å²) in [6.45, 7) is 8.01. The van der Waals surface area contributed by atoms with Gasteiger partial charge in [0.2, 0.25) is 0 Å². The minimum Gasteiger partial charge on any atom is -0.233 e. The fourth-order valence-electron chi connectivity index (χ4n) is 1.69. The lowest BCUT2D eigenvalue weighted by Gasteiger charge is -2.09. The molecule has 2 rings (SSSR count). The molecule has 17 heavy (non-hydrogen) atoms. The Morgan fingerprint density at radius 3 is 2.35 bits per heavy atom. The second-order valence-electron chi connectivity index (χ2n) is 4.37. The summed E-state index contributed by atoms with van der Waals surface area (Å²) in [7, 11) is 0. The van der Waals surface area contributed by atoms with Crippen molar-refractivity contribution >= 4 is 11.6 Å². The predicted molar refractivity (Wildman–Crippen MR) is 71.4 cm³/mol. The van der Waals surface area contributed by atoms with Crippen LogP contribution >= 0.6 is 11.6 Å². The van der Waals surface area contributed by atoms with Crippen molar-refractivity contribution in [3.63, 3.8) is 0 Å². The Kier molecular flexibility index (Phi) is 3.16. The molecule has 2 nitrogen and oxygen atoms in total. The summed E-state index contributed by atoms with van der Waals surface area (Å²) in [4.78, 5) is 8.87. The van der Waals surface area contributed by atoms with E-state index in [9.17, 15) is 0 Å². The molecule has 2 aromatic rings. The molecule has 0 radical (unpaired) electrons. The molecule has 0 N–H and O–H groups in total. The molecule has 0 aliphatic heterocycles. The summed E-state index contributed by atoms with van der Waals surface area (Å²) < 4.78 is 0. The largest absolute Gasteiger partial charge is 0.233 e. The van der Waals surface area contributed by atoms with Gasteiger partial charge in [-0.25, -0.2) is 9.97 Å². The summed E-state index contributed by atoms with van der Waals surface area (Å²) in [5, 5.41) is 0.536.